The van der Waals surface area contributed by atoms with Gasteiger partial charge in [0.25, 0.3) is 0 Å². The van der Waals surface area contributed by atoms with Gasteiger partial charge in [-0.15, -0.1) is 0 Å². The maximum Gasteiger partial charge on any atom is 0.115 e. The number of nitrogens with one attached hydrogen (secondary N) is 4. The third-order valence-electron chi connectivity index (χ3n) is 9.57. The zero-order valence-electron chi connectivity index (χ0n) is 30.8. The van der Waals surface area contributed by atoms with E-state index in [0.29, 0.717) is 0 Å². The summed E-state index contributed by atoms with van der Waals surface area (Å²) in [6.07, 6.45) is 11.7. The van der Waals surface area contributed by atoms with E-state index in [1.807, 2.05) is 122 Å². The molecule has 2 aromatic carbocycles. The molecule has 4 N–H and O–H groups in total. The number of H-pyrrole nitrogens is 4. The molecule has 6 aromatic heterocycles. The first-order valence-electron chi connectivity index (χ1n) is 19.0. The summed E-state index contributed by atoms with van der Waals surface area (Å²) in [5.41, 5.74) is 14.3. The van der Waals surface area contributed by atoms with E-state index < -0.39 is 0 Å². The fraction of sp³-hybridized carbons (Fsp3) is 0.182. The topological polar surface area (TPSA) is 164 Å². The smallest absolute Gasteiger partial charge is 0.115 e. The molecule has 10 rings (SSSR count). The quantitative estimate of drug-likeness (QED) is 0.123. The summed E-state index contributed by atoms with van der Waals surface area (Å²) < 4.78 is 0. The van der Waals surface area contributed by atoms with Crippen LogP contribution < -0.4 is 0 Å². The van der Waals surface area contributed by atoms with Gasteiger partial charge in [-0.1, -0.05) is 24.3 Å². The summed E-state index contributed by atoms with van der Waals surface area (Å²) in [4.78, 5) is 51.4. The lowest BCUT2D eigenvalue weighted by Gasteiger charge is -2.08. The van der Waals surface area contributed by atoms with Crippen molar-refractivity contribution in [1.82, 2.24) is 39.9 Å². The first kappa shape index (κ1) is 34.7. The molecule has 0 amide bonds. The number of benzene rings is 2. The van der Waals surface area contributed by atoms with Crippen molar-refractivity contribution in [3.63, 3.8) is 0 Å². The summed E-state index contributed by atoms with van der Waals surface area (Å²) in [6.45, 7) is 3.21. The molecule has 12 nitrogen and oxygen atoms in total. The molecule has 0 unspecified atom stereocenters. The van der Waals surface area contributed by atoms with Gasteiger partial charge in [0.05, 0.1) is 67.6 Å². The van der Waals surface area contributed by atoms with Crippen molar-refractivity contribution in [2.75, 3.05) is 26.2 Å². The Labute approximate surface area is 323 Å². The molecule has 0 atom stereocenters. The van der Waals surface area contributed by atoms with E-state index in [2.05, 4.69) is 39.9 Å². The van der Waals surface area contributed by atoms with E-state index in [-0.39, 0.29) is 0 Å². The van der Waals surface area contributed by atoms with Gasteiger partial charge in [0, 0.05) is 51.0 Å². The zero-order chi connectivity index (χ0) is 37.5. The summed E-state index contributed by atoms with van der Waals surface area (Å²) in [5.74, 6) is 0. The second-order valence-corrected chi connectivity index (χ2v) is 13.7. The maximum atomic E-state index is 4.91. The minimum Gasteiger partial charge on any atom is -0.352 e. The van der Waals surface area contributed by atoms with Crippen molar-refractivity contribution in [3.8, 4) is 45.6 Å². The first-order valence-corrected chi connectivity index (χ1v) is 19.0. The van der Waals surface area contributed by atoms with Gasteiger partial charge in [-0.05, 0) is 98.5 Å². The highest BCUT2D eigenvalue weighted by Gasteiger charge is 2.17. The monoisotopic (exact) mass is 736 g/mol. The van der Waals surface area contributed by atoms with Crippen molar-refractivity contribution >= 4 is 46.9 Å². The van der Waals surface area contributed by atoms with Gasteiger partial charge in [-0.2, -0.15) is 0 Å². The summed E-state index contributed by atoms with van der Waals surface area (Å²) in [6, 6.07) is 32.1. The van der Waals surface area contributed by atoms with Gasteiger partial charge < -0.3 is 19.9 Å². The second kappa shape index (κ2) is 16.1. The van der Waals surface area contributed by atoms with Gasteiger partial charge in [-0.25, -0.2) is 19.9 Å². The van der Waals surface area contributed by atoms with Crippen LogP contribution in [0, 0.1) is 0 Å². The Balaban J connectivity index is 0.000000146. The van der Waals surface area contributed by atoms with Gasteiger partial charge >= 0.3 is 0 Å². The van der Waals surface area contributed by atoms with Crippen LogP contribution in [0.15, 0.2) is 117 Å². The lowest BCUT2D eigenvalue weighted by atomic mass is 10.1. The largest absolute Gasteiger partial charge is 0.352 e. The molecule has 2 aliphatic heterocycles. The molecule has 0 radical (unpaired) electrons. The van der Waals surface area contributed by atoms with Crippen LogP contribution in [-0.4, -0.2) is 90.9 Å². The van der Waals surface area contributed by atoms with E-state index >= 15 is 0 Å². The van der Waals surface area contributed by atoms with Crippen molar-refractivity contribution in [2.24, 2.45) is 20.0 Å². The Morgan fingerprint density at radius 3 is 0.804 bits per heavy atom. The summed E-state index contributed by atoms with van der Waals surface area (Å²) in [5, 5.41) is 0. The standard InChI is InChI=1S/2C22H20N6/c2*1-2-6-18-17(5-1)27-21-19-9-7-15(25-19)13-23-11-3-4-12-24-14-16-8-10-20(26-16)22(21)28-18/h2*1-2,5-10,13-14,25-26H,3-4,11-12H2. The summed E-state index contributed by atoms with van der Waals surface area (Å²) in [7, 11) is 0. The Kier molecular flexibility index (Phi) is 9.98. The van der Waals surface area contributed by atoms with Crippen LogP contribution in [0.25, 0.3) is 67.6 Å². The van der Waals surface area contributed by atoms with Crippen LogP contribution in [0.2, 0.25) is 0 Å². The maximum absolute atomic E-state index is 4.91. The molecule has 8 bridgehead atoms. The summed E-state index contributed by atoms with van der Waals surface area (Å²) >= 11 is 0. The van der Waals surface area contributed by atoms with Crippen LogP contribution >= 0.6 is 0 Å². The molecule has 56 heavy (non-hydrogen) atoms. The van der Waals surface area contributed by atoms with E-state index in [1.165, 1.54) is 0 Å². The number of hydrogen-bond acceptors (Lipinski definition) is 8. The Morgan fingerprint density at radius 1 is 0.304 bits per heavy atom. The molecule has 0 saturated carbocycles. The predicted octanol–water partition coefficient (Wildman–Crippen LogP) is 8.50. The fourth-order valence-electron chi connectivity index (χ4n) is 6.72. The molecule has 0 saturated heterocycles. The molecule has 0 fully saturated rings. The SMILES string of the molecule is C1=NCCCCN=Cc2ccc([nH]2)-c2nc3ccccc3nc2-c2ccc1[nH]2.C1=NCCCCN=Cc2ccc([nH]2)-c2nc3ccccc3nc2-c2ccc1[nH]2. The van der Waals surface area contributed by atoms with Crippen LogP contribution in [0.1, 0.15) is 48.5 Å². The van der Waals surface area contributed by atoms with Crippen molar-refractivity contribution in [1.29, 1.82) is 0 Å². The average molecular weight is 737 g/mol. The molecule has 8 heterocycles. The number of hydrogen-bond donors (Lipinski definition) is 4. The molecular weight excluding hydrogens is 697 g/mol. The second-order valence-electron chi connectivity index (χ2n) is 13.7. The van der Waals surface area contributed by atoms with Gasteiger partial charge in [0.15, 0.2) is 0 Å². The third kappa shape index (κ3) is 7.76. The molecule has 12 heteroatoms. The van der Waals surface area contributed by atoms with E-state index in [9.17, 15) is 0 Å². The molecule has 276 valence electrons. The van der Waals surface area contributed by atoms with Gasteiger partial charge in [-0.3, -0.25) is 20.0 Å². The highest BCUT2D eigenvalue weighted by atomic mass is 14.9. The van der Waals surface area contributed by atoms with Crippen molar-refractivity contribution < 1.29 is 0 Å². The number of aromatic amines is 4. The number of para-hydroxylation sites is 4. The molecule has 0 aliphatic carbocycles. The average Bonchev–Trinajstić information content (AvgIpc) is 4.07. The van der Waals surface area contributed by atoms with Crippen molar-refractivity contribution in [2.45, 2.75) is 25.7 Å². The minimum absolute atomic E-state index is 0.803. The van der Waals surface area contributed by atoms with Crippen LogP contribution in [0.4, 0.5) is 0 Å². The van der Waals surface area contributed by atoms with Crippen LogP contribution in [0.3, 0.4) is 0 Å². The lowest BCUT2D eigenvalue weighted by Crippen LogP contribution is -1.97. The Morgan fingerprint density at radius 2 is 0.554 bits per heavy atom. The van der Waals surface area contributed by atoms with E-state index in [0.717, 1.165) is 142 Å². The highest BCUT2D eigenvalue weighted by Crippen LogP contribution is 2.31. The number of nitrogens with zero attached hydrogens (tertiary/aromatic N) is 8. The number of aliphatic imine (C=N–C) groups is 4. The Bertz CT molecular complexity index is 2360. The van der Waals surface area contributed by atoms with E-state index in [4.69, 9.17) is 19.9 Å². The highest BCUT2D eigenvalue weighted by molar-refractivity contribution is 5.89. The number of fused-ring (bicyclic) bond motifs is 16. The lowest BCUT2D eigenvalue weighted by molar-refractivity contribution is 0.759. The zero-order valence-corrected chi connectivity index (χ0v) is 30.8. The third-order valence-corrected chi connectivity index (χ3v) is 9.57. The van der Waals surface area contributed by atoms with Crippen LogP contribution in [-0.2, 0) is 0 Å². The van der Waals surface area contributed by atoms with Crippen molar-refractivity contribution in [3.05, 3.63) is 120 Å². The molecular formula is C44H40N12. The molecule has 2 aliphatic rings. The molecule has 0 spiro atoms. The van der Waals surface area contributed by atoms with Crippen LogP contribution in [0.5, 0.6) is 0 Å². The normalized spacial score (nSPS) is 14.3. The van der Waals surface area contributed by atoms with Gasteiger partial charge in [0.1, 0.15) is 22.8 Å². The van der Waals surface area contributed by atoms with Gasteiger partial charge in [0.2, 0.25) is 0 Å². The fourth-order valence-corrected chi connectivity index (χ4v) is 6.72. The number of aromatic nitrogens is 8. The minimum atomic E-state index is 0.803. The predicted molar refractivity (Wildman–Crippen MR) is 227 cm³/mol. The Hall–Kier alpha value is -7.08. The molecule has 8 aromatic rings. The van der Waals surface area contributed by atoms with E-state index in [1.54, 1.807) is 0 Å². The first-order chi connectivity index (χ1) is 27.7. The number of rotatable bonds is 0.